The molecule has 0 aliphatic heterocycles. The summed E-state index contributed by atoms with van der Waals surface area (Å²) in [6.07, 6.45) is 27.4. The SMILES string of the molecule is [C-]#[N+]/C(C#N)=C1\C=C(C2=Cc3sc4c(sc5c6c(sc54)C=C(C4=C/C(=C(\C#N)[N+]#[C-])CCC4)C64CCCCC4)c3C23CCCCC3)CCC1. The first kappa shape index (κ1) is 31.0. The van der Waals surface area contributed by atoms with Gasteiger partial charge < -0.3 is 0 Å². The molecule has 4 nitrogen and oxygen atoms in total. The van der Waals surface area contributed by atoms with Gasteiger partial charge in [-0.25, -0.2) is 20.2 Å². The fourth-order valence-corrected chi connectivity index (χ4v) is 15.1. The maximum Gasteiger partial charge on any atom is 0.265 e. The second-order valence-electron chi connectivity index (χ2n) is 14.7. The molecule has 3 heterocycles. The van der Waals surface area contributed by atoms with Crippen LogP contribution in [-0.2, 0) is 10.8 Å². The fraction of sp³-hybridized carbons (Fsp3) is 0.429. The zero-order chi connectivity index (χ0) is 33.3. The minimum atomic E-state index is 0.0319. The zero-order valence-corrected chi connectivity index (χ0v) is 30.1. The lowest BCUT2D eigenvalue weighted by Gasteiger charge is -2.39. The molecule has 0 bridgehead atoms. The Kier molecular flexibility index (Phi) is 7.49. The maximum absolute atomic E-state index is 9.66. The van der Waals surface area contributed by atoms with E-state index in [2.05, 4.69) is 57.5 Å². The lowest BCUT2D eigenvalue weighted by atomic mass is 9.64. The van der Waals surface area contributed by atoms with Crippen molar-refractivity contribution in [2.75, 3.05) is 0 Å². The normalized spacial score (nSPS) is 24.2. The molecule has 49 heavy (non-hydrogen) atoms. The summed E-state index contributed by atoms with van der Waals surface area (Å²) in [5.74, 6) is 0. The van der Waals surface area contributed by atoms with Gasteiger partial charge in [-0.3, -0.25) is 0 Å². The molecule has 0 radical (unpaired) electrons. The Balaban J connectivity index is 1.20. The van der Waals surface area contributed by atoms with Crippen molar-refractivity contribution < 1.29 is 0 Å². The molecule has 3 aromatic heterocycles. The number of fused-ring (bicyclic) bond motifs is 9. The second kappa shape index (κ2) is 11.8. The van der Waals surface area contributed by atoms with Gasteiger partial charge in [0.05, 0.1) is 44.1 Å². The third-order valence-electron chi connectivity index (χ3n) is 12.4. The maximum atomic E-state index is 9.66. The molecule has 6 aliphatic carbocycles. The lowest BCUT2D eigenvalue weighted by molar-refractivity contribution is 0.349. The highest BCUT2D eigenvalue weighted by atomic mass is 32.1. The Morgan fingerprint density at radius 3 is 1.37 bits per heavy atom. The molecule has 0 N–H and O–H groups in total. The summed E-state index contributed by atoms with van der Waals surface area (Å²) < 4.78 is 6.00. The van der Waals surface area contributed by atoms with E-state index in [0.717, 1.165) is 49.7 Å². The van der Waals surface area contributed by atoms with Crippen molar-refractivity contribution in [3.05, 3.63) is 101 Å². The van der Waals surface area contributed by atoms with E-state index in [1.165, 1.54) is 115 Å². The number of nitriles is 2. The minimum Gasteiger partial charge on any atom is -0.226 e. The number of allylic oxidation sites excluding steroid dienone is 10. The summed E-state index contributed by atoms with van der Waals surface area (Å²) in [6.45, 7) is 15.2. The van der Waals surface area contributed by atoms with Crippen LogP contribution in [0.25, 0.3) is 40.6 Å². The number of nitrogens with zero attached hydrogens (tertiary/aromatic N) is 4. The number of hydrogen-bond donors (Lipinski definition) is 0. The van der Waals surface area contributed by atoms with Crippen LogP contribution in [0.3, 0.4) is 0 Å². The second-order valence-corrected chi connectivity index (χ2v) is 17.9. The Morgan fingerprint density at radius 1 is 0.551 bits per heavy atom. The summed E-state index contributed by atoms with van der Waals surface area (Å²) in [7, 11) is 0. The predicted octanol–water partition coefficient (Wildman–Crippen LogP) is 13.0. The Bertz CT molecular complexity index is 2140. The summed E-state index contributed by atoms with van der Waals surface area (Å²) in [4.78, 5) is 10.0. The van der Waals surface area contributed by atoms with Crippen LogP contribution < -0.4 is 0 Å². The first-order valence-electron chi connectivity index (χ1n) is 18.0. The summed E-state index contributed by atoms with van der Waals surface area (Å²) in [6, 6.07) is 4.33. The number of rotatable bonds is 2. The Morgan fingerprint density at radius 2 is 0.980 bits per heavy atom. The van der Waals surface area contributed by atoms with Crippen LogP contribution in [-0.4, -0.2) is 0 Å². The zero-order valence-electron chi connectivity index (χ0n) is 27.6. The first-order valence-corrected chi connectivity index (χ1v) is 20.4. The van der Waals surface area contributed by atoms with E-state index in [-0.39, 0.29) is 22.2 Å². The predicted molar refractivity (Wildman–Crippen MR) is 203 cm³/mol. The van der Waals surface area contributed by atoms with Gasteiger partial charge >= 0.3 is 0 Å². The monoisotopic (exact) mass is 692 g/mol. The molecular formula is C42H36N4S3. The molecule has 242 valence electrons. The summed E-state index contributed by atoms with van der Waals surface area (Å²) >= 11 is 6.10. The molecule has 0 atom stereocenters. The van der Waals surface area contributed by atoms with Gasteiger partial charge in [0.25, 0.3) is 11.4 Å². The van der Waals surface area contributed by atoms with E-state index >= 15 is 0 Å². The third kappa shape index (κ3) is 4.46. The number of thiophene rings is 3. The quantitative estimate of drug-likeness (QED) is 0.198. The number of hydrogen-bond acceptors (Lipinski definition) is 5. The van der Waals surface area contributed by atoms with Crippen molar-refractivity contribution in [2.45, 2.75) is 114 Å². The van der Waals surface area contributed by atoms with Crippen molar-refractivity contribution in [1.82, 2.24) is 0 Å². The minimum absolute atomic E-state index is 0.0319. The van der Waals surface area contributed by atoms with E-state index < -0.39 is 0 Å². The molecule has 0 amide bonds. The Hall–Kier alpha value is -3.98. The standard InChI is InChI=1S/C42H36N4S3/c1-45-31(23-43)27-13-9-11-25(19-27)29-21-33-35(41(29)15-5-3-6-16-41)37-39(47-33)40-38(49-37)36-34(48-40)22-30(42(36)17-7-4-8-18-42)26-12-10-14-28(20-26)32(24-44)46-2/h19-22H,3-18H2/b31-27-,32-28+. The van der Waals surface area contributed by atoms with Crippen molar-refractivity contribution in [2.24, 2.45) is 0 Å². The van der Waals surface area contributed by atoms with Gasteiger partial charge in [0.1, 0.15) is 0 Å². The van der Waals surface area contributed by atoms with Crippen LogP contribution in [0.2, 0.25) is 0 Å². The largest absolute Gasteiger partial charge is 0.265 e. The lowest BCUT2D eigenvalue weighted by Crippen LogP contribution is -2.30. The highest BCUT2D eigenvalue weighted by Crippen LogP contribution is 2.65. The van der Waals surface area contributed by atoms with Crippen LogP contribution in [0.1, 0.15) is 124 Å². The molecule has 2 fully saturated rings. The molecular weight excluding hydrogens is 657 g/mol. The van der Waals surface area contributed by atoms with E-state index in [9.17, 15) is 10.5 Å². The average Bonchev–Trinajstić information content (AvgIpc) is 3.91. The molecule has 0 aromatic carbocycles. The van der Waals surface area contributed by atoms with Crippen LogP contribution >= 0.6 is 34.0 Å². The highest BCUT2D eigenvalue weighted by molar-refractivity contribution is 7.39. The first-order chi connectivity index (χ1) is 24.0. The van der Waals surface area contributed by atoms with E-state index in [0.29, 0.717) is 0 Å². The molecule has 0 saturated heterocycles. The molecule has 3 aromatic rings. The van der Waals surface area contributed by atoms with Crippen molar-refractivity contribution in [3.8, 4) is 12.1 Å². The molecule has 2 spiro atoms. The average molecular weight is 693 g/mol. The summed E-state index contributed by atoms with van der Waals surface area (Å²) in [5.41, 5.74) is 11.3. The molecule has 7 heteroatoms. The Labute approximate surface area is 300 Å². The third-order valence-corrected chi connectivity index (χ3v) is 16.3. The van der Waals surface area contributed by atoms with E-state index in [1.54, 1.807) is 11.1 Å². The van der Waals surface area contributed by atoms with Gasteiger partial charge in [-0.15, -0.1) is 34.0 Å². The molecule has 6 aliphatic rings. The van der Waals surface area contributed by atoms with Crippen LogP contribution in [0, 0.1) is 35.8 Å². The topological polar surface area (TPSA) is 56.3 Å². The van der Waals surface area contributed by atoms with Crippen LogP contribution in [0.4, 0.5) is 0 Å². The smallest absolute Gasteiger partial charge is 0.226 e. The van der Waals surface area contributed by atoms with Crippen molar-refractivity contribution in [3.63, 3.8) is 0 Å². The van der Waals surface area contributed by atoms with Gasteiger partial charge in [-0.2, -0.15) is 0 Å². The van der Waals surface area contributed by atoms with Gasteiger partial charge in [0.2, 0.25) is 0 Å². The summed E-state index contributed by atoms with van der Waals surface area (Å²) in [5, 5.41) is 19.3. The van der Waals surface area contributed by atoms with E-state index in [1.807, 2.05) is 22.7 Å². The van der Waals surface area contributed by atoms with Crippen molar-refractivity contribution in [1.29, 1.82) is 10.5 Å². The van der Waals surface area contributed by atoms with Gasteiger partial charge in [0.15, 0.2) is 0 Å². The molecule has 2 saturated carbocycles. The molecule has 0 unspecified atom stereocenters. The van der Waals surface area contributed by atoms with Crippen molar-refractivity contribution >= 4 is 65.0 Å². The van der Waals surface area contributed by atoms with Gasteiger partial charge in [-0.05, 0) is 121 Å². The molecule has 9 rings (SSSR count). The highest BCUT2D eigenvalue weighted by Gasteiger charge is 2.49. The van der Waals surface area contributed by atoms with Gasteiger partial charge in [-0.1, -0.05) is 50.7 Å². The fourth-order valence-electron chi connectivity index (χ4n) is 10.3. The van der Waals surface area contributed by atoms with E-state index in [4.69, 9.17) is 13.1 Å². The van der Waals surface area contributed by atoms with Gasteiger partial charge in [0, 0.05) is 20.6 Å². The van der Waals surface area contributed by atoms with Crippen LogP contribution in [0.15, 0.2) is 57.0 Å². The van der Waals surface area contributed by atoms with Crippen LogP contribution in [0.5, 0.6) is 0 Å².